The molecular weight excluding hydrogens is 266 g/mol. The fourth-order valence-corrected chi connectivity index (χ4v) is 1.97. The van der Waals surface area contributed by atoms with Crippen LogP contribution in [0.15, 0.2) is 48.5 Å². The maximum atomic E-state index is 12.0. The van der Waals surface area contributed by atoms with E-state index in [0.29, 0.717) is 16.9 Å². The lowest BCUT2D eigenvalue weighted by atomic mass is 10.1. The molecule has 0 saturated heterocycles. The van der Waals surface area contributed by atoms with Crippen molar-refractivity contribution in [2.24, 2.45) is 5.73 Å². The van der Waals surface area contributed by atoms with Gasteiger partial charge in [-0.3, -0.25) is 4.79 Å². The van der Waals surface area contributed by atoms with E-state index in [2.05, 4.69) is 6.92 Å². The van der Waals surface area contributed by atoms with Crippen LogP contribution in [0, 0.1) is 0 Å². The Bertz CT molecular complexity index is 647. The number of primary amides is 1. The second-order valence-electron chi connectivity index (χ2n) is 4.73. The summed E-state index contributed by atoms with van der Waals surface area (Å²) in [5, 5.41) is 0. The molecule has 0 unspecified atom stereocenters. The van der Waals surface area contributed by atoms with Crippen molar-refractivity contribution >= 4 is 11.9 Å². The quantitative estimate of drug-likeness (QED) is 0.677. The Hall–Kier alpha value is -2.62. The molecule has 0 saturated carbocycles. The molecule has 0 heterocycles. The molecule has 0 aliphatic carbocycles. The zero-order valence-electron chi connectivity index (χ0n) is 11.8. The Labute approximate surface area is 123 Å². The number of hydrogen-bond donors (Lipinski definition) is 1. The Morgan fingerprint density at radius 2 is 1.76 bits per heavy atom. The second kappa shape index (κ2) is 6.70. The van der Waals surface area contributed by atoms with E-state index in [-0.39, 0.29) is 0 Å². The molecule has 2 rings (SSSR count). The topological polar surface area (TPSA) is 69.4 Å². The Balaban J connectivity index is 2.10. The van der Waals surface area contributed by atoms with E-state index < -0.39 is 11.9 Å². The van der Waals surface area contributed by atoms with Crippen LogP contribution in [0.4, 0.5) is 0 Å². The first-order chi connectivity index (χ1) is 10.1. The number of carbonyl (C=O) groups excluding carboxylic acids is 2. The van der Waals surface area contributed by atoms with E-state index in [1.54, 1.807) is 30.3 Å². The summed E-state index contributed by atoms with van der Waals surface area (Å²) in [6.45, 7) is 2.11. The van der Waals surface area contributed by atoms with Crippen molar-refractivity contribution in [2.75, 3.05) is 0 Å². The molecule has 21 heavy (non-hydrogen) atoms. The molecule has 0 fully saturated rings. The van der Waals surface area contributed by atoms with Crippen molar-refractivity contribution < 1.29 is 14.3 Å². The first kappa shape index (κ1) is 14.8. The highest BCUT2D eigenvalue weighted by atomic mass is 16.5. The minimum absolute atomic E-state index is 0.300. The molecular formula is C17H17NO3. The van der Waals surface area contributed by atoms with Gasteiger partial charge in [-0.25, -0.2) is 4.79 Å². The minimum Gasteiger partial charge on any atom is -0.423 e. The van der Waals surface area contributed by atoms with Gasteiger partial charge in [0.2, 0.25) is 5.91 Å². The smallest absolute Gasteiger partial charge is 0.343 e. The summed E-state index contributed by atoms with van der Waals surface area (Å²) in [6, 6.07) is 13.6. The zero-order chi connectivity index (χ0) is 15.2. The molecule has 0 aromatic heterocycles. The van der Waals surface area contributed by atoms with Gasteiger partial charge in [-0.15, -0.1) is 0 Å². The average molecular weight is 283 g/mol. The summed E-state index contributed by atoms with van der Waals surface area (Å²) in [5.41, 5.74) is 7.15. The number of ether oxygens (including phenoxy) is 1. The largest absolute Gasteiger partial charge is 0.423 e. The van der Waals surface area contributed by atoms with Gasteiger partial charge < -0.3 is 10.5 Å². The van der Waals surface area contributed by atoms with Gasteiger partial charge in [-0.05, 0) is 42.3 Å². The number of aryl methyl sites for hydroxylation is 1. The molecule has 0 bridgehead atoms. The summed E-state index contributed by atoms with van der Waals surface area (Å²) in [6.07, 6.45) is 2.04. The molecule has 0 spiro atoms. The van der Waals surface area contributed by atoms with Crippen LogP contribution in [0.3, 0.4) is 0 Å². The molecule has 0 aliphatic rings. The van der Waals surface area contributed by atoms with Crippen molar-refractivity contribution in [2.45, 2.75) is 19.8 Å². The summed E-state index contributed by atoms with van der Waals surface area (Å²) in [4.78, 5) is 23.1. The molecule has 108 valence electrons. The number of carbonyl (C=O) groups is 2. The minimum atomic E-state index is -0.559. The molecule has 0 aliphatic heterocycles. The third-order valence-corrected chi connectivity index (χ3v) is 3.06. The van der Waals surface area contributed by atoms with Gasteiger partial charge >= 0.3 is 5.97 Å². The standard InChI is InChI=1S/C17H17NO3/c1-2-4-12-7-9-13(10-8-12)17(20)21-15-6-3-5-14(11-15)16(18)19/h3,5-11H,2,4H2,1H3,(H2,18,19). The lowest BCUT2D eigenvalue weighted by Gasteiger charge is -2.06. The maximum absolute atomic E-state index is 12.0. The van der Waals surface area contributed by atoms with Crippen LogP contribution in [-0.4, -0.2) is 11.9 Å². The molecule has 0 atom stereocenters. The van der Waals surface area contributed by atoms with E-state index in [9.17, 15) is 9.59 Å². The van der Waals surface area contributed by atoms with Gasteiger partial charge in [0.1, 0.15) is 5.75 Å². The molecule has 2 N–H and O–H groups in total. The number of benzene rings is 2. The van der Waals surface area contributed by atoms with E-state index in [0.717, 1.165) is 12.8 Å². The third kappa shape index (κ3) is 3.92. The van der Waals surface area contributed by atoms with Crippen LogP contribution < -0.4 is 10.5 Å². The van der Waals surface area contributed by atoms with Crippen LogP contribution in [0.25, 0.3) is 0 Å². The van der Waals surface area contributed by atoms with Crippen LogP contribution in [0.1, 0.15) is 39.6 Å². The summed E-state index contributed by atoms with van der Waals surface area (Å²) in [7, 11) is 0. The highest BCUT2D eigenvalue weighted by molar-refractivity contribution is 5.94. The van der Waals surface area contributed by atoms with Gasteiger partial charge in [-0.2, -0.15) is 0 Å². The Morgan fingerprint density at radius 1 is 1.05 bits per heavy atom. The molecule has 4 heteroatoms. The first-order valence-corrected chi connectivity index (χ1v) is 6.81. The van der Waals surface area contributed by atoms with E-state index in [1.165, 1.54) is 11.6 Å². The van der Waals surface area contributed by atoms with E-state index in [4.69, 9.17) is 10.5 Å². The lowest BCUT2D eigenvalue weighted by molar-refractivity contribution is 0.0733. The van der Waals surface area contributed by atoms with Gasteiger partial charge in [0.05, 0.1) is 5.56 Å². The van der Waals surface area contributed by atoms with Crippen molar-refractivity contribution in [1.29, 1.82) is 0 Å². The molecule has 0 radical (unpaired) electrons. The van der Waals surface area contributed by atoms with Gasteiger partial charge in [0.25, 0.3) is 0 Å². The molecule has 2 aromatic carbocycles. The number of amides is 1. The van der Waals surface area contributed by atoms with Crippen molar-refractivity contribution in [3.8, 4) is 5.75 Å². The monoisotopic (exact) mass is 283 g/mol. The number of nitrogens with two attached hydrogens (primary N) is 1. The summed E-state index contributed by atoms with van der Waals surface area (Å²) in [5.74, 6) is -0.717. The summed E-state index contributed by atoms with van der Waals surface area (Å²) < 4.78 is 5.24. The van der Waals surface area contributed by atoms with Crippen molar-refractivity contribution in [3.05, 3.63) is 65.2 Å². The maximum Gasteiger partial charge on any atom is 0.343 e. The number of hydrogen-bond acceptors (Lipinski definition) is 3. The van der Waals surface area contributed by atoms with Crippen LogP contribution in [0.5, 0.6) is 5.75 Å². The van der Waals surface area contributed by atoms with Crippen LogP contribution >= 0.6 is 0 Å². The highest BCUT2D eigenvalue weighted by Crippen LogP contribution is 2.15. The lowest BCUT2D eigenvalue weighted by Crippen LogP contribution is -2.12. The van der Waals surface area contributed by atoms with E-state index in [1.807, 2.05) is 12.1 Å². The third-order valence-electron chi connectivity index (χ3n) is 3.06. The second-order valence-corrected chi connectivity index (χ2v) is 4.73. The van der Waals surface area contributed by atoms with Gasteiger partial charge in [0, 0.05) is 5.56 Å². The molecule has 4 nitrogen and oxygen atoms in total. The Kier molecular flexibility index (Phi) is 4.72. The van der Waals surface area contributed by atoms with Crippen LogP contribution in [0.2, 0.25) is 0 Å². The molecule has 2 aromatic rings. The number of esters is 1. The fourth-order valence-electron chi connectivity index (χ4n) is 1.97. The average Bonchev–Trinajstić information content (AvgIpc) is 2.48. The SMILES string of the molecule is CCCc1ccc(C(=O)Oc2cccc(C(N)=O)c2)cc1. The Morgan fingerprint density at radius 3 is 2.38 bits per heavy atom. The normalized spacial score (nSPS) is 10.1. The molecule has 1 amide bonds. The number of rotatable bonds is 5. The predicted octanol–water partition coefficient (Wildman–Crippen LogP) is 2.96. The first-order valence-electron chi connectivity index (χ1n) is 6.81. The van der Waals surface area contributed by atoms with Crippen molar-refractivity contribution in [1.82, 2.24) is 0 Å². The fraction of sp³-hybridized carbons (Fsp3) is 0.176. The highest BCUT2D eigenvalue weighted by Gasteiger charge is 2.10. The zero-order valence-corrected chi connectivity index (χ0v) is 11.8. The van der Waals surface area contributed by atoms with Gasteiger partial charge in [-0.1, -0.05) is 31.5 Å². The predicted molar refractivity (Wildman–Crippen MR) is 80.4 cm³/mol. The van der Waals surface area contributed by atoms with Crippen LogP contribution in [-0.2, 0) is 6.42 Å². The van der Waals surface area contributed by atoms with E-state index >= 15 is 0 Å². The van der Waals surface area contributed by atoms with Crippen molar-refractivity contribution in [3.63, 3.8) is 0 Å². The van der Waals surface area contributed by atoms with Gasteiger partial charge in [0.15, 0.2) is 0 Å². The summed E-state index contributed by atoms with van der Waals surface area (Å²) >= 11 is 0.